The summed E-state index contributed by atoms with van der Waals surface area (Å²) in [4.78, 5) is 4.08. The van der Waals surface area contributed by atoms with Crippen LogP contribution in [0.15, 0.2) is 30.6 Å². The molecule has 0 spiro atoms. The van der Waals surface area contributed by atoms with E-state index in [-0.39, 0.29) is 4.91 Å². The smallest absolute Gasteiger partial charge is 0.261 e. The first kappa shape index (κ1) is 10.4. The zero-order chi connectivity index (χ0) is 10.9. The average molecular weight is 242 g/mol. The van der Waals surface area contributed by atoms with Crippen molar-refractivity contribution < 1.29 is 8.42 Å². The number of pyridine rings is 1. The number of fused-ring (bicyclic) bond motifs is 1. The molecular formula is C10H8ClNO2S. The van der Waals surface area contributed by atoms with Gasteiger partial charge in [-0.3, -0.25) is 4.98 Å². The molecule has 3 nitrogen and oxygen atoms in total. The van der Waals surface area contributed by atoms with Gasteiger partial charge < -0.3 is 0 Å². The highest BCUT2D eigenvalue weighted by Crippen LogP contribution is 2.13. The van der Waals surface area contributed by atoms with E-state index in [1.165, 1.54) is 6.08 Å². The first-order valence-electron chi connectivity index (χ1n) is 4.35. The number of hydrogen-bond donors (Lipinski definition) is 0. The summed E-state index contributed by atoms with van der Waals surface area (Å²) in [7, 11) is 1.65. The Bertz CT molecular complexity index is 632. The molecule has 15 heavy (non-hydrogen) atoms. The van der Waals surface area contributed by atoms with Gasteiger partial charge in [0.1, 0.15) is 0 Å². The summed E-state index contributed by atoms with van der Waals surface area (Å²) in [5, 5.41) is 1.40. The van der Waals surface area contributed by atoms with E-state index in [2.05, 4.69) is 4.98 Å². The zero-order valence-electron chi connectivity index (χ0n) is 7.72. The van der Waals surface area contributed by atoms with E-state index in [0.717, 1.165) is 5.22 Å². The maximum Gasteiger partial charge on any atom is 0.261 e. The molecule has 0 atom stereocenters. The van der Waals surface area contributed by atoms with Gasteiger partial charge in [0.05, 0.1) is 4.91 Å². The summed E-state index contributed by atoms with van der Waals surface area (Å²) >= 11 is 0. The first-order chi connectivity index (χ1) is 7.09. The molecule has 5 heteroatoms. The highest BCUT2D eigenvalue weighted by molar-refractivity contribution is 8.21. The second kappa shape index (κ2) is 3.79. The molecule has 1 aromatic heterocycles. The number of aromatic nitrogens is 1. The lowest BCUT2D eigenvalue weighted by Gasteiger charge is -1.96. The monoisotopic (exact) mass is 241 g/mol. The third kappa shape index (κ3) is 2.11. The highest BCUT2D eigenvalue weighted by Gasteiger charge is 2.13. The van der Waals surface area contributed by atoms with Gasteiger partial charge in [0.15, 0.2) is 0 Å². The Kier molecular flexibility index (Phi) is 2.63. The Morgan fingerprint density at radius 2 is 2.20 bits per heavy atom. The minimum absolute atomic E-state index is 0.135. The molecule has 1 heterocycles. The van der Waals surface area contributed by atoms with Crippen LogP contribution in [0.2, 0.25) is 0 Å². The Labute approximate surface area is 91.8 Å². The van der Waals surface area contributed by atoms with Crippen LogP contribution in [0.4, 0.5) is 0 Å². The summed E-state index contributed by atoms with van der Waals surface area (Å²) < 4.78 is 22.7. The average Bonchev–Trinajstić information content (AvgIpc) is 2.38. The van der Waals surface area contributed by atoms with Crippen LogP contribution in [0.5, 0.6) is 0 Å². The van der Waals surface area contributed by atoms with E-state index in [1.807, 2.05) is 6.08 Å². The first-order valence-corrected chi connectivity index (χ1v) is 6.66. The minimum Gasteiger partial charge on any atom is -0.264 e. The molecule has 0 saturated heterocycles. The van der Waals surface area contributed by atoms with Gasteiger partial charge in [-0.1, -0.05) is 12.2 Å². The Morgan fingerprint density at radius 1 is 1.40 bits per heavy atom. The van der Waals surface area contributed by atoms with E-state index >= 15 is 0 Å². The predicted octanol–water partition coefficient (Wildman–Crippen LogP) is 0.499. The molecule has 0 unspecified atom stereocenters. The molecule has 1 aliphatic carbocycles. The third-order valence-electron chi connectivity index (χ3n) is 2.12. The summed E-state index contributed by atoms with van der Waals surface area (Å²) in [5.74, 6) is 0. The number of hydrogen-bond acceptors (Lipinski definition) is 3. The van der Waals surface area contributed by atoms with Crippen molar-refractivity contribution in [2.75, 3.05) is 0 Å². The maximum atomic E-state index is 11.3. The molecule has 0 radical (unpaired) electrons. The van der Waals surface area contributed by atoms with Crippen LogP contribution in [-0.2, 0) is 9.05 Å². The van der Waals surface area contributed by atoms with Gasteiger partial charge in [0.2, 0.25) is 0 Å². The maximum absolute atomic E-state index is 11.3. The molecule has 0 aromatic carbocycles. The fourth-order valence-electron chi connectivity index (χ4n) is 1.47. The number of allylic oxidation sites excluding steroid dienone is 1. The third-order valence-corrected chi connectivity index (χ3v) is 3.50. The van der Waals surface area contributed by atoms with Crippen LogP contribution in [0, 0.1) is 0 Å². The summed E-state index contributed by atoms with van der Waals surface area (Å²) in [6, 6.07) is 1.65. The molecule has 0 fully saturated rings. The molecule has 0 saturated carbocycles. The van der Waals surface area contributed by atoms with Gasteiger partial charge in [-0.2, -0.15) is 0 Å². The largest absolute Gasteiger partial charge is 0.264 e. The van der Waals surface area contributed by atoms with E-state index in [0.29, 0.717) is 11.6 Å². The highest BCUT2D eigenvalue weighted by atomic mass is 35.7. The second-order valence-electron chi connectivity index (χ2n) is 3.11. The predicted molar refractivity (Wildman–Crippen MR) is 59.9 cm³/mol. The molecule has 0 bridgehead atoms. The van der Waals surface area contributed by atoms with Crippen LogP contribution in [0.3, 0.4) is 0 Å². The zero-order valence-corrected chi connectivity index (χ0v) is 9.29. The molecular weight excluding hydrogens is 234 g/mol. The standard InChI is InChI=1S/C10H8ClNO2S/c11-15(13,14)10-4-2-1-3-8-7-12-6-5-9(8)10/h2-7H,1H2. The lowest BCUT2D eigenvalue weighted by molar-refractivity contribution is 0.618. The lowest BCUT2D eigenvalue weighted by atomic mass is 10.3. The van der Waals surface area contributed by atoms with E-state index in [1.54, 1.807) is 24.5 Å². The van der Waals surface area contributed by atoms with Crippen LogP contribution in [0.25, 0.3) is 11.0 Å². The Hall–Kier alpha value is -1.13. The number of halogens is 1. The molecule has 0 aliphatic heterocycles. The van der Waals surface area contributed by atoms with Gasteiger partial charge in [-0.15, -0.1) is 0 Å². The number of nitrogens with zero attached hydrogens (tertiary/aromatic N) is 1. The van der Waals surface area contributed by atoms with Crippen molar-refractivity contribution in [3.63, 3.8) is 0 Å². The van der Waals surface area contributed by atoms with E-state index in [9.17, 15) is 8.42 Å². The van der Waals surface area contributed by atoms with Crippen molar-refractivity contribution in [2.45, 2.75) is 6.42 Å². The van der Waals surface area contributed by atoms with Crippen molar-refractivity contribution in [3.05, 3.63) is 41.0 Å². The second-order valence-corrected chi connectivity index (χ2v) is 5.64. The van der Waals surface area contributed by atoms with Crippen LogP contribution < -0.4 is 10.4 Å². The van der Waals surface area contributed by atoms with Crippen LogP contribution in [0.1, 0.15) is 6.42 Å². The van der Waals surface area contributed by atoms with Crippen LogP contribution >= 0.6 is 10.7 Å². The molecule has 0 N–H and O–H groups in total. The van der Waals surface area contributed by atoms with Crippen molar-refractivity contribution in [1.29, 1.82) is 0 Å². The van der Waals surface area contributed by atoms with Crippen molar-refractivity contribution >= 4 is 30.7 Å². The molecule has 0 amide bonds. The van der Waals surface area contributed by atoms with E-state index < -0.39 is 9.05 Å². The lowest BCUT2D eigenvalue weighted by Crippen LogP contribution is -2.27. The van der Waals surface area contributed by atoms with E-state index in [4.69, 9.17) is 10.7 Å². The molecule has 78 valence electrons. The fraction of sp³-hybridized carbons (Fsp3) is 0.100. The van der Waals surface area contributed by atoms with Crippen molar-refractivity contribution in [1.82, 2.24) is 4.98 Å². The molecule has 1 aromatic rings. The van der Waals surface area contributed by atoms with Gasteiger partial charge in [0, 0.05) is 28.3 Å². The van der Waals surface area contributed by atoms with Crippen molar-refractivity contribution in [2.24, 2.45) is 0 Å². The summed E-state index contributed by atoms with van der Waals surface area (Å²) in [5.41, 5.74) is 0. The SMILES string of the molecule is O=S(=O)(Cl)C1=c2ccncc2=CCC=C1. The Morgan fingerprint density at radius 3 is 2.93 bits per heavy atom. The topological polar surface area (TPSA) is 47.0 Å². The fourth-order valence-corrected chi connectivity index (χ4v) is 2.58. The van der Waals surface area contributed by atoms with Gasteiger partial charge in [0.25, 0.3) is 9.05 Å². The molecule has 2 rings (SSSR count). The Balaban J connectivity index is 2.98. The van der Waals surface area contributed by atoms with Gasteiger partial charge >= 0.3 is 0 Å². The van der Waals surface area contributed by atoms with Gasteiger partial charge in [-0.05, 0) is 23.8 Å². The number of rotatable bonds is 1. The molecule has 1 aliphatic rings. The van der Waals surface area contributed by atoms with Crippen LogP contribution in [-0.4, -0.2) is 13.4 Å². The quantitative estimate of drug-likeness (QED) is 0.673. The minimum atomic E-state index is -3.71. The van der Waals surface area contributed by atoms with Crippen molar-refractivity contribution in [3.8, 4) is 0 Å². The normalized spacial score (nSPS) is 15.4. The summed E-state index contributed by atoms with van der Waals surface area (Å²) in [6.07, 6.45) is 9.06. The summed E-state index contributed by atoms with van der Waals surface area (Å²) in [6.45, 7) is 0. The van der Waals surface area contributed by atoms with Gasteiger partial charge in [-0.25, -0.2) is 8.42 Å².